The van der Waals surface area contributed by atoms with Crippen LogP contribution in [0.15, 0.2) is 36.4 Å². The summed E-state index contributed by atoms with van der Waals surface area (Å²) in [5.74, 6) is 1.64. The fourth-order valence-electron chi connectivity index (χ4n) is 4.24. The molecular weight excluding hydrogens is 434 g/mol. The summed E-state index contributed by atoms with van der Waals surface area (Å²) in [4.78, 5) is 12.8. The fraction of sp³-hybridized carbons (Fsp3) is 0.500. The monoisotopic (exact) mass is 469 g/mol. The molecule has 0 fully saturated rings. The summed E-state index contributed by atoms with van der Waals surface area (Å²) >= 11 is 0. The minimum atomic E-state index is -0.715. The summed E-state index contributed by atoms with van der Waals surface area (Å²) in [5.41, 5.74) is 1.18. The van der Waals surface area contributed by atoms with E-state index in [1.54, 1.807) is 33.5 Å². The van der Waals surface area contributed by atoms with Crippen LogP contribution in [0.4, 0.5) is 5.69 Å². The Kier molecular flexibility index (Phi) is 9.69. The number of nitrogens with zero attached hydrogens (tertiary/aromatic N) is 3. The van der Waals surface area contributed by atoms with Crippen molar-refractivity contribution in [3.8, 4) is 23.3 Å². The molecule has 34 heavy (non-hydrogen) atoms. The number of nitro benzene ring substituents is 1. The summed E-state index contributed by atoms with van der Waals surface area (Å²) in [7, 11) is 6.73. The van der Waals surface area contributed by atoms with Crippen LogP contribution in [0.5, 0.6) is 17.2 Å². The molecule has 2 aromatic rings. The molecule has 2 rings (SSSR count). The van der Waals surface area contributed by atoms with Gasteiger partial charge in [0.05, 0.1) is 37.7 Å². The molecule has 0 bridgehead atoms. The molecule has 1 atom stereocenters. The van der Waals surface area contributed by atoms with Crippen LogP contribution in [0.1, 0.15) is 37.8 Å². The second kappa shape index (κ2) is 12.2. The predicted molar refractivity (Wildman–Crippen MR) is 132 cm³/mol. The molecule has 8 heteroatoms. The van der Waals surface area contributed by atoms with E-state index in [9.17, 15) is 15.4 Å². The van der Waals surface area contributed by atoms with E-state index in [2.05, 4.69) is 24.8 Å². The molecular formula is C26H35N3O5. The van der Waals surface area contributed by atoms with E-state index in [-0.39, 0.29) is 16.5 Å². The minimum Gasteiger partial charge on any atom is -0.493 e. The molecule has 0 aliphatic heterocycles. The summed E-state index contributed by atoms with van der Waals surface area (Å²) in [6.45, 7) is 5.68. The molecule has 0 spiro atoms. The Morgan fingerprint density at radius 3 is 2.24 bits per heavy atom. The molecule has 8 nitrogen and oxygen atoms in total. The van der Waals surface area contributed by atoms with Crippen molar-refractivity contribution in [3.63, 3.8) is 0 Å². The van der Waals surface area contributed by atoms with Gasteiger partial charge in [-0.2, -0.15) is 5.26 Å². The average Bonchev–Trinajstić information content (AvgIpc) is 2.84. The Bertz CT molecular complexity index is 993. The van der Waals surface area contributed by atoms with Crippen molar-refractivity contribution in [1.82, 2.24) is 4.90 Å². The molecule has 0 saturated heterocycles. The van der Waals surface area contributed by atoms with Crippen LogP contribution in [0.2, 0.25) is 0 Å². The highest BCUT2D eigenvalue weighted by Gasteiger charge is 2.37. The summed E-state index contributed by atoms with van der Waals surface area (Å²) < 4.78 is 16.5. The lowest BCUT2D eigenvalue weighted by molar-refractivity contribution is -0.384. The molecule has 0 aliphatic rings. The molecule has 0 aromatic heterocycles. The first kappa shape index (κ1) is 26.9. The van der Waals surface area contributed by atoms with Gasteiger partial charge in [0, 0.05) is 18.7 Å². The van der Waals surface area contributed by atoms with Gasteiger partial charge in [0.1, 0.15) is 0 Å². The van der Waals surface area contributed by atoms with E-state index in [0.29, 0.717) is 23.7 Å². The van der Waals surface area contributed by atoms with Gasteiger partial charge < -0.3 is 19.1 Å². The highest BCUT2D eigenvalue weighted by Crippen LogP contribution is 2.45. The maximum atomic E-state index is 11.0. The zero-order chi connectivity index (χ0) is 25.3. The Morgan fingerprint density at radius 1 is 1.09 bits per heavy atom. The van der Waals surface area contributed by atoms with Crippen molar-refractivity contribution in [1.29, 1.82) is 5.26 Å². The number of rotatable bonds is 13. The molecule has 2 aromatic carbocycles. The third-order valence-corrected chi connectivity index (χ3v) is 6.38. The van der Waals surface area contributed by atoms with Crippen molar-refractivity contribution >= 4 is 5.69 Å². The Balaban J connectivity index is 2.12. The van der Waals surface area contributed by atoms with Crippen LogP contribution >= 0.6 is 0 Å². The number of non-ortho nitro benzene ring substituents is 1. The Hall–Kier alpha value is -3.31. The van der Waals surface area contributed by atoms with Crippen LogP contribution in [0, 0.1) is 27.4 Å². The zero-order valence-corrected chi connectivity index (χ0v) is 21.0. The number of ether oxygens (including phenoxy) is 3. The van der Waals surface area contributed by atoms with Crippen LogP contribution in [-0.4, -0.2) is 51.3 Å². The number of nitro groups is 1. The normalized spacial score (nSPS) is 12.8. The second-order valence-corrected chi connectivity index (χ2v) is 8.74. The summed E-state index contributed by atoms with van der Waals surface area (Å²) in [5, 5.41) is 21.3. The van der Waals surface area contributed by atoms with Crippen LogP contribution < -0.4 is 14.2 Å². The largest absolute Gasteiger partial charge is 0.493 e. The fourth-order valence-corrected chi connectivity index (χ4v) is 4.24. The molecule has 0 N–H and O–H groups in total. The standard InChI is InChI=1S/C26H35N3O5/c1-19(2)26(18-27,21-16-23(32-4)25(34-6)24(17-21)33-5)12-8-13-28(3)14-11-20-9-7-10-22(15-20)29(30)31/h7,9-10,15-17,19H,8,11-14H2,1-6H3/t26-/m0/s1. The molecule has 0 saturated carbocycles. The average molecular weight is 470 g/mol. The predicted octanol–water partition coefficient (Wildman–Crippen LogP) is 4.99. The molecule has 0 amide bonds. The topological polar surface area (TPSA) is 97.9 Å². The van der Waals surface area contributed by atoms with Gasteiger partial charge in [0.2, 0.25) is 5.75 Å². The van der Waals surface area contributed by atoms with Crippen molar-refractivity contribution in [2.75, 3.05) is 41.5 Å². The number of hydrogen-bond donors (Lipinski definition) is 0. The number of likely N-dealkylation sites (N-methyl/N-ethyl adjacent to an activating group) is 1. The quantitative estimate of drug-likeness (QED) is 0.301. The summed E-state index contributed by atoms with van der Waals surface area (Å²) in [6.07, 6.45) is 2.20. The Morgan fingerprint density at radius 2 is 1.74 bits per heavy atom. The lowest BCUT2D eigenvalue weighted by atomic mass is 9.69. The SMILES string of the molecule is COc1cc([C@](C#N)(CCCN(C)CCc2cccc([N+](=O)[O-])c2)C(C)C)cc(OC)c1OC. The van der Waals surface area contributed by atoms with Crippen molar-refractivity contribution in [3.05, 3.63) is 57.6 Å². The first-order chi connectivity index (χ1) is 16.2. The van der Waals surface area contributed by atoms with E-state index < -0.39 is 5.41 Å². The van der Waals surface area contributed by atoms with Gasteiger partial charge in [0.15, 0.2) is 11.5 Å². The van der Waals surface area contributed by atoms with Gasteiger partial charge in [0.25, 0.3) is 5.69 Å². The van der Waals surface area contributed by atoms with Crippen LogP contribution in [0.3, 0.4) is 0 Å². The number of hydrogen-bond acceptors (Lipinski definition) is 7. The number of benzene rings is 2. The van der Waals surface area contributed by atoms with E-state index >= 15 is 0 Å². The van der Waals surface area contributed by atoms with Gasteiger partial charge >= 0.3 is 0 Å². The van der Waals surface area contributed by atoms with E-state index in [1.807, 2.05) is 25.2 Å². The lowest BCUT2D eigenvalue weighted by Crippen LogP contribution is -2.32. The molecule has 184 valence electrons. The van der Waals surface area contributed by atoms with Gasteiger partial charge in [-0.15, -0.1) is 0 Å². The highest BCUT2D eigenvalue weighted by molar-refractivity contribution is 5.56. The molecule has 0 unspecified atom stereocenters. The van der Waals surface area contributed by atoms with Gasteiger partial charge in [-0.25, -0.2) is 0 Å². The number of nitriles is 1. The first-order valence-electron chi connectivity index (χ1n) is 11.4. The van der Waals surface area contributed by atoms with E-state index in [1.165, 1.54) is 6.07 Å². The van der Waals surface area contributed by atoms with E-state index in [0.717, 1.165) is 37.1 Å². The first-order valence-corrected chi connectivity index (χ1v) is 11.4. The van der Waals surface area contributed by atoms with Crippen molar-refractivity contribution in [2.24, 2.45) is 5.92 Å². The molecule has 0 heterocycles. The van der Waals surface area contributed by atoms with Gasteiger partial charge in [-0.3, -0.25) is 10.1 Å². The van der Waals surface area contributed by atoms with Crippen LogP contribution in [-0.2, 0) is 11.8 Å². The van der Waals surface area contributed by atoms with Crippen LogP contribution in [0.25, 0.3) is 0 Å². The van der Waals surface area contributed by atoms with Crippen molar-refractivity contribution in [2.45, 2.75) is 38.5 Å². The highest BCUT2D eigenvalue weighted by atomic mass is 16.6. The third kappa shape index (κ3) is 6.17. The smallest absolute Gasteiger partial charge is 0.269 e. The maximum Gasteiger partial charge on any atom is 0.269 e. The summed E-state index contributed by atoms with van der Waals surface area (Å²) in [6, 6.07) is 13.1. The minimum absolute atomic E-state index is 0.0653. The van der Waals surface area contributed by atoms with Gasteiger partial charge in [-0.1, -0.05) is 26.0 Å². The molecule has 0 radical (unpaired) electrons. The lowest BCUT2D eigenvalue weighted by Gasteiger charge is -2.33. The maximum absolute atomic E-state index is 11.0. The Labute approximate surface area is 202 Å². The zero-order valence-electron chi connectivity index (χ0n) is 21.0. The second-order valence-electron chi connectivity index (χ2n) is 8.74. The van der Waals surface area contributed by atoms with E-state index in [4.69, 9.17) is 14.2 Å². The van der Waals surface area contributed by atoms with Crippen molar-refractivity contribution < 1.29 is 19.1 Å². The van der Waals surface area contributed by atoms with Gasteiger partial charge in [-0.05, 0) is 62.0 Å². The third-order valence-electron chi connectivity index (χ3n) is 6.38. The molecule has 0 aliphatic carbocycles. The number of methoxy groups -OCH3 is 3.